The highest BCUT2D eigenvalue weighted by Gasteiger charge is 2.45. The summed E-state index contributed by atoms with van der Waals surface area (Å²) >= 11 is 1.56. The number of carbonyl (C=O) groups excluding carboxylic acids is 3. The third-order valence-electron chi connectivity index (χ3n) is 6.01. The molecule has 5 rings (SSSR count). The van der Waals surface area contributed by atoms with Crippen LogP contribution in [-0.4, -0.2) is 52.3 Å². The van der Waals surface area contributed by atoms with Crippen LogP contribution in [0.1, 0.15) is 37.5 Å². The van der Waals surface area contributed by atoms with Crippen molar-refractivity contribution in [3.05, 3.63) is 76.0 Å². The molecule has 0 bridgehead atoms. The van der Waals surface area contributed by atoms with Crippen LogP contribution in [0.2, 0.25) is 0 Å². The summed E-state index contributed by atoms with van der Waals surface area (Å²) in [5.74, 6) is -2.48. The van der Waals surface area contributed by atoms with Crippen molar-refractivity contribution in [1.29, 1.82) is 0 Å². The highest BCUT2D eigenvalue weighted by molar-refractivity contribution is 7.08. The van der Waals surface area contributed by atoms with Gasteiger partial charge in [-0.2, -0.15) is 11.3 Å². The Morgan fingerprint density at radius 1 is 1.06 bits per heavy atom. The number of carboxylic acids is 1. The number of benzene rings is 2. The Kier molecular flexibility index (Phi) is 5.18. The molecule has 1 saturated heterocycles. The predicted octanol–water partition coefficient (Wildman–Crippen LogP) is 3.08. The molecule has 3 heterocycles. The number of hydrogen-bond donors (Lipinski definition) is 3. The number of fused-ring (bicyclic) bond motifs is 2. The summed E-state index contributed by atoms with van der Waals surface area (Å²) in [7, 11) is 0. The maximum Gasteiger partial charge on any atom is 0.336 e. The van der Waals surface area contributed by atoms with Gasteiger partial charge < -0.3 is 20.6 Å². The first-order chi connectivity index (χ1) is 15.9. The zero-order chi connectivity index (χ0) is 23.1. The van der Waals surface area contributed by atoms with Crippen LogP contribution in [0.5, 0.6) is 0 Å². The first-order valence-corrected chi connectivity index (χ1v) is 11.3. The number of rotatable bonds is 4. The van der Waals surface area contributed by atoms with Gasteiger partial charge in [-0.3, -0.25) is 14.4 Å². The molecule has 0 saturated carbocycles. The summed E-state index contributed by atoms with van der Waals surface area (Å²) in [6.07, 6.45) is 0.379. The van der Waals surface area contributed by atoms with Gasteiger partial charge in [0.15, 0.2) is 0 Å². The smallest absolute Gasteiger partial charge is 0.336 e. The Labute approximate surface area is 192 Å². The lowest BCUT2D eigenvalue weighted by Gasteiger charge is -2.25. The van der Waals surface area contributed by atoms with Crippen molar-refractivity contribution in [2.45, 2.75) is 18.5 Å². The fraction of sp³-hybridized carbons (Fsp3) is 0.167. The maximum atomic E-state index is 13.4. The van der Waals surface area contributed by atoms with E-state index < -0.39 is 24.0 Å². The highest BCUT2D eigenvalue weighted by atomic mass is 32.1. The molecule has 0 aliphatic carbocycles. The summed E-state index contributed by atoms with van der Waals surface area (Å²) < 4.78 is 0. The number of amides is 3. The molecule has 3 aromatic rings. The molecule has 2 aliphatic heterocycles. The van der Waals surface area contributed by atoms with Crippen LogP contribution in [0, 0.1) is 0 Å². The molecule has 1 fully saturated rings. The first kappa shape index (κ1) is 20.9. The van der Waals surface area contributed by atoms with E-state index in [4.69, 9.17) is 0 Å². The Morgan fingerprint density at radius 3 is 2.58 bits per heavy atom. The van der Waals surface area contributed by atoms with Gasteiger partial charge in [-0.15, -0.1) is 0 Å². The summed E-state index contributed by atoms with van der Waals surface area (Å²) in [4.78, 5) is 52.3. The molecular weight excluding hydrogens is 442 g/mol. The van der Waals surface area contributed by atoms with Crippen molar-refractivity contribution in [3.8, 4) is 11.1 Å². The number of thiophene rings is 1. The van der Waals surface area contributed by atoms with Gasteiger partial charge in [-0.25, -0.2) is 4.79 Å². The number of nitrogens with zero attached hydrogens (tertiary/aromatic N) is 1. The molecule has 0 radical (unpaired) electrons. The van der Waals surface area contributed by atoms with Gasteiger partial charge in [0.1, 0.15) is 6.04 Å². The van der Waals surface area contributed by atoms with Crippen molar-refractivity contribution >= 4 is 40.7 Å². The standard InChI is InChI=1S/C24H19N3O5S/c28-21(15-3-1-2-4-16(15)24(31)32)26-19-7-9-27-20(19)22(29)25-18-6-5-13(11-17(18)23(27)30)14-8-10-33-12-14/h1-6,8,10-12,19-20H,7,9H2,(H,25,29)(H,26,28)(H,31,32). The van der Waals surface area contributed by atoms with Gasteiger partial charge in [0.2, 0.25) is 5.91 Å². The van der Waals surface area contributed by atoms with E-state index in [0.29, 0.717) is 24.2 Å². The molecule has 0 spiro atoms. The summed E-state index contributed by atoms with van der Waals surface area (Å²) in [5, 5.41) is 18.9. The number of aromatic carboxylic acids is 1. The average molecular weight is 461 g/mol. The largest absolute Gasteiger partial charge is 0.478 e. The van der Waals surface area contributed by atoms with Gasteiger partial charge in [0.05, 0.1) is 28.4 Å². The Balaban J connectivity index is 1.42. The minimum absolute atomic E-state index is 0.00694. The van der Waals surface area contributed by atoms with Gasteiger partial charge in [-0.1, -0.05) is 18.2 Å². The minimum atomic E-state index is -1.21. The van der Waals surface area contributed by atoms with Crippen LogP contribution >= 0.6 is 11.3 Å². The molecule has 8 nitrogen and oxygen atoms in total. The molecule has 1 aromatic heterocycles. The Bertz CT molecular complexity index is 1290. The first-order valence-electron chi connectivity index (χ1n) is 10.4. The molecule has 2 aliphatic rings. The average Bonchev–Trinajstić information content (AvgIpc) is 3.47. The van der Waals surface area contributed by atoms with E-state index in [-0.39, 0.29) is 22.9 Å². The number of nitrogens with one attached hydrogen (secondary N) is 2. The van der Waals surface area contributed by atoms with E-state index >= 15 is 0 Å². The van der Waals surface area contributed by atoms with Crippen LogP contribution in [0.25, 0.3) is 11.1 Å². The quantitative estimate of drug-likeness (QED) is 0.552. The van der Waals surface area contributed by atoms with E-state index in [2.05, 4.69) is 10.6 Å². The number of carboxylic acid groups (broad SMARTS) is 1. The second-order valence-electron chi connectivity index (χ2n) is 7.92. The third kappa shape index (κ3) is 3.66. The number of anilines is 1. The van der Waals surface area contributed by atoms with Crippen LogP contribution in [0.3, 0.4) is 0 Å². The molecular formula is C24H19N3O5S. The van der Waals surface area contributed by atoms with E-state index in [1.54, 1.807) is 29.5 Å². The van der Waals surface area contributed by atoms with Crippen LogP contribution in [-0.2, 0) is 4.79 Å². The molecule has 9 heteroatoms. The highest BCUT2D eigenvalue weighted by Crippen LogP contribution is 2.33. The second kappa shape index (κ2) is 8.18. The van der Waals surface area contributed by atoms with Gasteiger partial charge in [-0.05, 0) is 58.6 Å². The summed E-state index contributed by atoms with van der Waals surface area (Å²) in [6.45, 7) is 0.296. The monoisotopic (exact) mass is 461 g/mol. The second-order valence-corrected chi connectivity index (χ2v) is 8.70. The van der Waals surface area contributed by atoms with Crippen LogP contribution in [0.4, 0.5) is 5.69 Å². The molecule has 2 unspecified atom stereocenters. The lowest BCUT2D eigenvalue weighted by atomic mass is 10.0. The summed E-state index contributed by atoms with van der Waals surface area (Å²) in [6, 6.07) is 11.7. The Morgan fingerprint density at radius 2 is 1.85 bits per heavy atom. The zero-order valence-electron chi connectivity index (χ0n) is 17.3. The zero-order valence-corrected chi connectivity index (χ0v) is 18.1. The fourth-order valence-corrected chi connectivity index (χ4v) is 5.07. The van der Waals surface area contributed by atoms with Crippen molar-refractivity contribution in [3.63, 3.8) is 0 Å². The van der Waals surface area contributed by atoms with Crippen LogP contribution in [0.15, 0.2) is 59.3 Å². The molecule has 2 atom stereocenters. The fourth-order valence-electron chi connectivity index (χ4n) is 4.41. The molecule has 33 heavy (non-hydrogen) atoms. The van der Waals surface area contributed by atoms with Crippen molar-refractivity contribution in [2.75, 3.05) is 11.9 Å². The van der Waals surface area contributed by atoms with E-state index in [0.717, 1.165) is 11.1 Å². The minimum Gasteiger partial charge on any atom is -0.478 e. The van der Waals surface area contributed by atoms with Gasteiger partial charge >= 0.3 is 5.97 Å². The Hall–Kier alpha value is -3.98. The van der Waals surface area contributed by atoms with Gasteiger partial charge in [0.25, 0.3) is 11.8 Å². The maximum absolute atomic E-state index is 13.4. The van der Waals surface area contributed by atoms with Crippen molar-refractivity contribution in [2.24, 2.45) is 0 Å². The third-order valence-corrected chi connectivity index (χ3v) is 6.69. The number of hydrogen-bond acceptors (Lipinski definition) is 5. The van der Waals surface area contributed by atoms with Crippen molar-refractivity contribution < 1.29 is 24.3 Å². The van der Waals surface area contributed by atoms with Gasteiger partial charge in [0, 0.05) is 6.54 Å². The topological polar surface area (TPSA) is 116 Å². The number of carbonyl (C=O) groups is 4. The molecule has 3 N–H and O–H groups in total. The lowest BCUT2D eigenvalue weighted by molar-refractivity contribution is -0.120. The lowest BCUT2D eigenvalue weighted by Crippen LogP contribution is -2.51. The predicted molar refractivity (Wildman–Crippen MR) is 122 cm³/mol. The SMILES string of the molecule is O=C(O)c1ccccc1C(=O)NC1CCN2C(=O)c3cc(-c4ccsc4)ccc3NC(=O)C12. The molecule has 166 valence electrons. The normalized spacial score (nSPS) is 19.3. The molecule has 3 amide bonds. The van der Waals surface area contributed by atoms with E-state index in [9.17, 15) is 24.3 Å². The van der Waals surface area contributed by atoms with Crippen LogP contribution < -0.4 is 10.6 Å². The van der Waals surface area contributed by atoms with Crippen molar-refractivity contribution in [1.82, 2.24) is 10.2 Å². The summed E-state index contributed by atoms with van der Waals surface area (Å²) in [5.41, 5.74) is 2.58. The van der Waals surface area contributed by atoms with E-state index in [1.807, 2.05) is 22.9 Å². The van der Waals surface area contributed by atoms with E-state index in [1.165, 1.54) is 23.1 Å². The molecule has 2 aromatic carbocycles.